The summed E-state index contributed by atoms with van der Waals surface area (Å²) in [6, 6.07) is 8.54. The molecule has 1 aromatic heterocycles. The van der Waals surface area contributed by atoms with E-state index in [1.54, 1.807) is 0 Å². The molecule has 1 aromatic carbocycles. The molecular formula is C35H50N4O3. The molecule has 1 aliphatic carbocycles. The number of amides is 2. The van der Waals surface area contributed by atoms with Crippen molar-refractivity contribution in [3.05, 3.63) is 83.2 Å². The molecule has 0 bridgehead atoms. The monoisotopic (exact) mass is 574 g/mol. The number of carbonyl (C=O) groups excluding carboxylic acids is 2. The van der Waals surface area contributed by atoms with Gasteiger partial charge in [-0.1, -0.05) is 18.2 Å². The lowest BCUT2D eigenvalue weighted by Crippen LogP contribution is -2.45. The quantitative estimate of drug-likeness (QED) is 0.263. The fourth-order valence-electron chi connectivity index (χ4n) is 5.97. The van der Waals surface area contributed by atoms with Gasteiger partial charge in [-0.25, -0.2) is 4.79 Å². The van der Waals surface area contributed by atoms with Crippen molar-refractivity contribution in [2.45, 2.75) is 111 Å². The fraction of sp³-hybridized carbons (Fsp3) is 0.514. The van der Waals surface area contributed by atoms with Crippen molar-refractivity contribution >= 4 is 17.7 Å². The molecule has 2 aromatic rings. The molecule has 1 fully saturated rings. The Labute approximate surface area is 252 Å². The minimum absolute atomic E-state index is 0.0929. The Balaban J connectivity index is 1.76. The van der Waals surface area contributed by atoms with Crippen LogP contribution < -0.4 is 15.5 Å². The van der Waals surface area contributed by atoms with Gasteiger partial charge in [0.1, 0.15) is 5.60 Å². The van der Waals surface area contributed by atoms with Crippen LogP contribution in [0.4, 0.5) is 10.5 Å². The van der Waals surface area contributed by atoms with Gasteiger partial charge in [0.25, 0.3) is 5.91 Å². The minimum Gasteiger partial charge on any atom is -0.444 e. The Kier molecular flexibility index (Phi) is 11.8. The van der Waals surface area contributed by atoms with Crippen molar-refractivity contribution in [3.63, 3.8) is 0 Å². The maximum Gasteiger partial charge on any atom is 0.407 e. The number of hydrogen-bond donors (Lipinski definition) is 2. The molecule has 0 saturated heterocycles. The van der Waals surface area contributed by atoms with Gasteiger partial charge in [0.15, 0.2) is 0 Å². The van der Waals surface area contributed by atoms with Crippen LogP contribution in [0, 0.1) is 13.8 Å². The lowest BCUT2D eigenvalue weighted by atomic mass is 9.89. The first-order valence-electron chi connectivity index (χ1n) is 15.3. The summed E-state index contributed by atoms with van der Waals surface area (Å²) in [6.45, 7) is 20.9. The molecule has 1 aliphatic rings. The topological polar surface area (TPSA) is 83.6 Å². The summed E-state index contributed by atoms with van der Waals surface area (Å²) in [6.07, 6.45) is 9.45. The lowest BCUT2D eigenvalue weighted by Gasteiger charge is -2.39. The number of carbonyl (C=O) groups is 2. The molecule has 1 heterocycles. The van der Waals surface area contributed by atoms with Gasteiger partial charge in [-0.2, -0.15) is 0 Å². The van der Waals surface area contributed by atoms with Crippen LogP contribution in [0.3, 0.4) is 0 Å². The average Bonchev–Trinajstić information content (AvgIpc) is 2.92. The number of pyridine rings is 1. The lowest BCUT2D eigenvalue weighted by molar-refractivity contribution is 0.0491. The summed E-state index contributed by atoms with van der Waals surface area (Å²) in [7, 11) is 0. The van der Waals surface area contributed by atoms with Gasteiger partial charge >= 0.3 is 6.09 Å². The third kappa shape index (κ3) is 8.94. The normalized spacial score (nSPS) is 16.8. The Hall–Kier alpha value is -3.61. The number of aromatic nitrogens is 1. The Morgan fingerprint density at radius 2 is 1.81 bits per heavy atom. The Bertz CT molecular complexity index is 1260. The number of alkyl carbamates (subject to hydrolysis) is 1. The number of anilines is 1. The molecular weight excluding hydrogens is 524 g/mol. The van der Waals surface area contributed by atoms with Gasteiger partial charge in [0, 0.05) is 47.8 Å². The standard InChI is InChI=1S/C35H50N4O3/c1-9-12-15-26-22-24(4)37-25(5)31(26)23-36-33(40)30-16-13-17-32(29(30)14-10-2)39(11-3)28-20-18-27(19-21-28)38-34(41)42-35(6,7)8/h9-10,13,16-17,22,27-28H,1-2,11-12,14-15,18-21,23H2,3-8H3,(H,36,40)(H,38,41)/t27-,28+. The molecule has 1 saturated carbocycles. The first-order valence-corrected chi connectivity index (χ1v) is 15.3. The summed E-state index contributed by atoms with van der Waals surface area (Å²) >= 11 is 0. The molecule has 7 heteroatoms. The average molecular weight is 575 g/mol. The highest BCUT2D eigenvalue weighted by molar-refractivity contribution is 5.97. The van der Waals surface area contributed by atoms with Crippen LogP contribution in [0.2, 0.25) is 0 Å². The second-order valence-electron chi connectivity index (χ2n) is 12.2. The molecule has 228 valence electrons. The minimum atomic E-state index is -0.511. The third-order valence-corrected chi connectivity index (χ3v) is 7.85. The third-order valence-electron chi connectivity index (χ3n) is 7.85. The van der Waals surface area contributed by atoms with E-state index in [0.717, 1.165) is 73.3 Å². The zero-order valence-electron chi connectivity index (χ0n) is 26.5. The number of ether oxygens (including phenoxy) is 1. The van der Waals surface area contributed by atoms with E-state index >= 15 is 0 Å². The SMILES string of the molecule is C=CCCc1cc(C)nc(C)c1CNC(=O)c1cccc(N(CC)[C@H]2CC[C@@H](NC(=O)OC(C)(C)C)CC2)c1CC=C. The van der Waals surface area contributed by atoms with Gasteiger partial charge in [-0.3, -0.25) is 9.78 Å². The predicted octanol–water partition coefficient (Wildman–Crippen LogP) is 7.14. The largest absolute Gasteiger partial charge is 0.444 e. The van der Waals surface area contributed by atoms with E-state index < -0.39 is 5.60 Å². The van der Waals surface area contributed by atoms with E-state index in [-0.39, 0.29) is 18.0 Å². The molecule has 2 amide bonds. The van der Waals surface area contributed by atoms with E-state index in [1.807, 2.05) is 58.9 Å². The molecule has 7 nitrogen and oxygen atoms in total. The van der Waals surface area contributed by atoms with E-state index in [0.29, 0.717) is 24.6 Å². The Morgan fingerprint density at radius 1 is 1.10 bits per heavy atom. The fourth-order valence-corrected chi connectivity index (χ4v) is 5.97. The molecule has 0 unspecified atom stereocenters. The number of rotatable bonds is 12. The van der Waals surface area contributed by atoms with E-state index in [4.69, 9.17) is 4.74 Å². The summed E-state index contributed by atoms with van der Waals surface area (Å²) in [5.74, 6) is -0.0929. The van der Waals surface area contributed by atoms with Crippen molar-refractivity contribution in [2.24, 2.45) is 0 Å². The maximum absolute atomic E-state index is 13.6. The molecule has 3 rings (SSSR count). The highest BCUT2D eigenvalue weighted by Crippen LogP contribution is 2.32. The van der Waals surface area contributed by atoms with E-state index in [1.165, 1.54) is 5.56 Å². The van der Waals surface area contributed by atoms with Gasteiger partial charge in [-0.05, 0) is 121 Å². The van der Waals surface area contributed by atoms with Crippen LogP contribution in [0.25, 0.3) is 0 Å². The van der Waals surface area contributed by atoms with Crippen molar-refractivity contribution in [3.8, 4) is 0 Å². The molecule has 0 aliphatic heterocycles. The van der Waals surface area contributed by atoms with Crippen molar-refractivity contribution in [1.29, 1.82) is 0 Å². The predicted molar refractivity (Wildman–Crippen MR) is 172 cm³/mol. The molecule has 2 N–H and O–H groups in total. The van der Waals surface area contributed by atoms with Gasteiger partial charge < -0.3 is 20.3 Å². The van der Waals surface area contributed by atoms with Crippen LogP contribution in [-0.2, 0) is 24.1 Å². The number of allylic oxidation sites excluding steroid dienone is 2. The Morgan fingerprint density at radius 3 is 2.43 bits per heavy atom. The summed E-state index contributed by atoms with van der Waals surface area (Å²) < 4.78 is 5.45. The van der Waals surface area contributed by atoms with Gasteiger partial charge in [0.2, 0.25) is 0 Å². The van der Waals surface area contributed by atoms with Crippen LogP contribution in [0.5, 0.6) is 0 Å². The van der Waals surface area contributed by atoms with Crippen molar-refractivity contribution in [1.82, 2.24) is 15.6 Å². The highest BCUT2D eigenvalue weighted by atomic mass is 16.6. The van der Waals surface area contributed by atoms with Crippen LogP contribution >= 0.6 is 0 Å². The molecule has 0 atom stereocenters. The van der Waals surface area contributed by atoms with Crippen LogP contribution in [0.15, 0.2) is 49.6 Å². The second-order valence-corrected chi connectivity index (χ2v) is 12.2. The first kappa shape index (κ1) is 32.9. The van der Waals surface area contributed by atoms with Gasteiger partial charge in [0.05, 0.1) is 0 Å². The number of benzene rings is 1. The number of nitrogens with one attached hydrogen (secondary N) is 2. The summed E-state index contributed by atoms with van der Waals surface area (Å²) in [4.78, 5) is 33.0. The number of hydrogen-bond acceptors (Lipinski definition) is 5. The molecule has 0 spiro atoms. The number of nitrogens with zero attached hydrogens (tertiary/aromatic N) is 2. The number of aryl methyl sites for hydroxylation is 3. The van der Waals surface area contributed by atoms with Crippen LogP contribution in [0.1, 0.15) is 98.2 Å². The van der Waals surface area contributed by atoms with Crippen molar-refractivity contribution < 1.29 is 14.3 Å². The maximum atomic E-state index is 13.6. The smallest absolute Gasteiger partial charge is 0.407 e. The zero-order chi connectivity index (χ0) is 30.9. The summed E-state index contributed by atoms with van der Waals surface area (Å²) in [5, 5.41) is 6.23. The van der Waals surface area contributed by atoms with E-state index in [9.17, 15) is 9.59 Å². The molecule has 0 radical (unpaired) electrons. The van der Waals surface area contributed by atoms with Gasteiger partial charge in [-0.15, -0.1) is 13.2 Å². The van der Waals surface area contributed by atoms with Crippen LogP contribution in [-0.4, -0.2) is 41.2 Å². The first-order chi connectivity index (χ1) is 20.0. The molecule has 42 heavy (non-hydrogen) atoms. The highest BCUT2D eigenvalue weighted by Gasteiger charge is 2.29. The zero-order valence-corrected chi connectivity index (χ0v) is 26.5. The second kappa shape index (κ2) is 15.0. The van der Waals surface area contributed by atoms with E-state index in [2.05, 4.69) is 52.7 Å². The summed E-state index contributed by atoms with van der Waals surface area (Å²) in [5.41, 5.74) is 6.44. The van der Waals surface area contributed by atoms with Crippen molar-refractivity contribution in [2.75, 3.05) is 11.4 Å².